The molecule has 116 valence electrons. The fraction of sp³-hybridized carbons (Fsp3) is 0.389. The second-order valence-electron chi connectivity index (χ2n) is 6.03. The van der Waals surface area contributed by atoms with Crippen molar-refractivity contribution in [2.24, 2.45) is 7.05 Å². The minimum Gasteiger partial charge on any atom is -0.341 e. The van der Waals surface area contributed by atoms with Crippen molar-refractivity contribution in [3.05, 3.63) is 46.6 Å². The summed E-state index contributed by atoms with van der Waals surface area (Å²) in [6.07, 6.45) is 2.41. The largest absolute Gasteiger partial charge is 0.341 e. The van der Waals surface area contributed by atoms with Crippen LogP contribution in [0.4, 0.5) is 0 Å². The van der Waals surface area contributed by atoms with Crippen molar-refractivity contribution in [1.29, 1.82) is 0 Å². The van der Waals surface area contributed by atoms with Gasteiger partial charge in [-0.2, -0.15) is 0 Å². The molecule has 0 bridgehead atoms. The summed E-state index contributed by atoms with van der Waals surface area (Å²) in [6, 6.07) is 9.77. The molecule has 2 heterocycles. The number of carbonyl (C=O) groups excluding carboxylic acids is 1. The van der Waals surface area contributed by atoms with E-state index in [0.29, 0.717) is 6.54 Å². The third-order valence-electron chi connectivity index (χ3n) is 4.39. The zero-order valence-corrected chi connectivity index (χ0v) is 13.9. The first-order valence-corrected chi connectivity index (χ1v) is 8.12. The highest BCUT2D eigenvalue weighted by Gasteiger charge is 2.20. The highest BCUT2D eigenvalue weighted by atomic mass is 35.5. The van der Waals surface area contributed by atoms with Crippen LogP contribution in [-0.4, -0.2) is 34.9 Å². The molecule has 0 aliphatic carbocycles. The van der Waals surface area contributed by atoms with Crippen molar-refractivity contribution in [3.63, 3.8) is 0 Å². The average Bonchev–Trinajstić information content (AvgIpc) is 3.09. The van der Waals surface area contributed by atoms with E-state index in [9.17, 15) is 4.79 Å². The van der Waals surface area contributed by atoms with Gasteiger partial charge in [-0.05, 0) is 62.2 Å². The maximum atomic E-state index is 12.6. The molecule has 1 fully saturated rings. The first kappa shape index (κ1) is 15.3. The van der Waals surface area contributed by atoms with Gasteiger partial charge in [0, 0.05) is 12.1 Å². The number of aromatic nitrogens is 1. The Morgan fingerprint density at radius 3 is 2.45 bits per heavy atom. The van der Waals surface area contributed by atoms with Crippen LogP contribution in [0.15, 0.2) is 30.3 Å². The molecule has 4 heteroatoms. The standard InChI is InChI=1S/C18H21ClN2O/c1-13-11-16(17(22)12-21-9-3-4-10-21)20(2)18(13)14-5-7-15(19)8-6-14/h5-8,11H,3-4,9-10,12H2,1-2H3. The molecule has 1 aromatic heterocycles. The quantitative estimate of drug-likeness (QED) is 0.798. The van der Waals surface area contributed by atoms with E-state index in [4.69, 9.17) is 11.6 Å². The Hall–Kier alpha value is -1.58. The molecule has 0 spiro atoms. The van der Waals surface area contributed by atoms with Crippen LogP contribution >= 0.6 is 11.6 Å². The summed E-state index contributed by atoms with van der Waals surface area (Å²) in [5, 5.41) is 0.723. The lowest BCUT2D eigenvalue weighted by Crippen LogP contribution is -2.27. The van der Waals surface area contributed by atoms with Crippen molar-refractivity contribution in [2.75, 3.05) is 19.6 Å². The maximum Gasteiger partial charge on any atom is 0.193 e. The van der Waals surface area contributed by atoms with Gasteiger partial charge in [-0.1, -0.05) is 23.7 Å². The highest BCUT2D eigenvalue weighted by Crippen LogP contribution is 2.27. The van der Waals surface area contributed by atoms with Gasteiger partial charge < -0.3 is 4.57 Å². The van der Waals surface area contributed by atoms with Gasteiger partial charge in [0.05, 0.1) is 17.9 Å². The summed E-state index contributed by atoms with van der Waals surface area (Å²) >= 11 is 5.96. The van der Waals surface area contributed by atoms with Gasteiger partial charge in [-0.15, -0.1) is 0 Å². The van der Waals surface area contributed by atoms with Crippen LogP contribution in [0.25, 0.3) is 11.3 Å². The number of halogens is 1. The number of nitrogens with zero attached hydrogens (tertiary/aromatic N) is 2. The van der Waals surface area contributed by atoms with Gasteiger partial charge in [-0.25, -0.2) is 0 Å². The topological polar surface area (TPSA) is 25.2 Å². The number of aryl methyl sites for hydroxylation is 1. The Kier molecular flexibility index (Phi) is 4.37. The van der Waals surface area contributed by atoms with Gasteiger partial charge in [0.25, 0.3) is 0 Å². The molecule has 0 N–H and O–H groups in total. The highest BCUT2D eigenvalue weighted by molar-refractivity contribution is 6.30. The number of likely N-dealkylation sites (tertiary alicyclic amines) is 1. The first-order valence-electron chi connectivity index (χ1n) is 7.74. The van der Waals surface area contributed by atoms with Gasteiger partial charge >= 0.3 is 0 Å². The molecule has 3 nitrogen and oxygen atoms in total. The van der Waals surface area contributed by atoms with E-state index in [2.05, 4.69) is 11.8 Å². The first-order chi connectivity index (χ1) is 10.6. The number of ketones is 1. The van der Waals surface area contributed by atoms with Crippen LogP contribution in [0.3, 0.4) is 0 Å². The van der Waals surface area contributed by atoms with Gasteiger partial charge in [0.15, 0.2) is 5.78 Å². The van der Waals surface area contributed by atoms with Crippen LogP contribution < -0.4 is 0 Å². The van der Waals surface area contributed by atoms with E-state index >= 15 is 0 Å². The molecule has 0 saturated carbocycles. The molecule has 0 amide bonds. The van der Waals surface area contributed by atoms with E-state index in [-0.39, 0.29) is 5.78 Å². The van der Waals surface area contributed by atoms with E-state index in [0.717, 1.165) is 40.6 Å². The lowest BCUT2D eigenvalue weighted by atomic mass is 10.1. The lowest BCUT2D eigenvalue weighted by molar-refractivity contribution is 0.0937. The van der Waals surface area contributed by atoms with Crippen molar-refractivity contribution in [2.45, 2.75) is 19.8 Å². The molecule has 3 rings (SSSR count). The lowest BCUT2D eigenvalue weighted by Gasteiger charge is -2.14. The number of rotatable bonds is 4. The molecule has 1 aliphatic rings. The Labute approximate surface area is 136 Å². The summed E-state index contributed by atoms with van der Waals surface area (Å²) in [7, 11) is 1.97. The monoisotopic (exact) mass is 316 g/mol. The zero-order chi connectivity index (χ0) is 15.7. The predicted octanol–water partition coefficient (Wildman–Crippen LogP) is 3.93. The Balaban J connectivity index is 1.89. The van der Waals surface area contributed by atoms with Crippen molar-refractivity contribution in [1.82, 2.24) is 9.47 Å². The van der Waals surface area contributed by atoms with Crippen molar-refractivity contribution in [3.8, 4) is 11.3 Å². The summed E-state index contributed by atoms with van der Waals surface area (Å²) in [5.74, 6) is 0.202. The van der Waals surface area contributed by atoms with Crippen LogP contribution in [0.1, 0.15) is 28.9 Å². The number of hydrogen-bond donors (Lipinski definition) is 0. The second-order valence-corrected chi connectivity index (χ2v) is 6.47. The summed E-state index contributed by atoms with van der Waals surface area (Å²) in [5.41, 5.74) is 4.08. The Morgan fingerprint density at radius 2 is 1.82 bits per heavy atom. The van der Waals surface area contributed by atoms with Gasteiger partial charge in [-0.3, -0.25) is 9.69 Å². The van der Waals surface area contributed by atoms with Gasteiger partial charge in [0.1, 0.15) is 0 Å². The number of carbonyl (C=O) groups is 1. The molecule has 0 radical (unpaired) electrons. The third kappa shape index (κ3) is 2.96. The Morgan fingerprint density at radius 1 is 1.18 bits per heavy atom. The van der Waals surface area contributed by atoms with Crippen LogP contribution in [0.2, 0.25) is 5.02 Å². The molecular formula is C18H21ClN2O. The second kappa shape index (κ2) is 6.27. The normalized spacial score (nSPS) is 15.4. The molecule has 0 atom stereocenters. The molecule has 0 unspecified atom stereocenters. The minimum atomic E-state index is 0.202. The summed E-state index contributed by atoms with van der Waals surface area (Å²) in [6.45, 7) is 4.66. The molecule has 1 saturated heterocycles. The van der Waals surface area contributed by atoms with Crippen molar-refractivity contribution < 1.29 is 4.79 Å². The van der Waals surface area contributed by atoms with Crippen LogP contribution in [0, 0.1) is 6.92 Å². The molecule has 22 heavy (non-hydrogen) atoms. The molecule has 2 aromatic rings. The number of hydrogen-bond acceptors (Lipinski definition) is 2. The summed E-state index contributed by atoms with van der Waals surface area (Å²) in [4.78, 5) is 14.8. The van der Waals surface area contributed by atoms with Gasteiger partial charge in [0.2, 0.25) is 0 Å². The third-order valence-corrected chi connectivity index (χ3v) is 4.64. The molecular weight excluding hydrogens is 296 g/mol. The number of benzene rings is 1. The van der Waals surface area contributed by atoms with E-state index < -0.39 is 0 Å². The minimum absolute atomic E-state index is 0.202. The smallest absolute Gasteiger partial charge is 0.193 e. The van der Waals surface area contributed by atoms with Crippen molar-refractivity contribution >= 4 is 17.4 Å². The fourth-order valence-electron chi connectivity index (χ4n) is 3.28. The van der Waals surface area contributed by atoms with Crippen LogP contribution in [0.5, 0.6) is 0 Å². The molecule has 1 aliphatic heterocycles. The zero-order valence-electron chi connectivity index (χ0n) is 13.1. The van der Waals surface area contributed by atoms with E-state index in [1.807, 2.05) is 41.9 Å². The molecule has 1 aromatic carbocycles. The number of Topliss-reactive ketones (excluding diaryl/α,β-unsaturated/α-hetero) is 1. The summed E-state index contributed by atoms with van der Waals surface area (Å²) < 4.78 is 2.01. The maximum absolute atomic E-state index is 12.6. The SMILES string of the molecule is Cc1cc(C(=O)CN2CCCC2)n(C)c1-c1ccc(Cl)cc1. The fourth-order valence-corrected chi connectivity index (χ4v) is 3.40. The van der Waals surface area contributed by atoms with E-state index in [1.165, 1.54) is 12.8 Å². The average molecular weight is 317 g/mol. The van der Waals surface area contributed by atoms with Crippen LogP contribution in [-0.2, 0) is 7.05 Å². The predicted molar refractivity (Wildman–Crippen MR) is 90.6 cm³/mol. The van der Waals surface area contributed by atoms with E-state index in [1.54, 1.807) is 0 Å². The Bertz CT molecular complexity index is 682.